The van der Waals surface area contributed by atoms with E-state index < -0.39 is 11.7 Å². The van der Waals surface area contributed by atoms with Gasteiger partial charge in [0.2, 0.25) is 5.91 Å². The Morgan fingerprint density at radius 2 is 1.71 bits per heavy atom. The van der Waals surface area contributed by atoms with Crippen molar-refractivity contribution >= 4 is 23.4 Å². The third kappa shape index (κ3) is 3.29. The van der Waals surface area contributed by atoms with Gasteiger partial charge in [0.25, 0.3) is 0 Å². The summed E-state index contributed by atoms with van der Waals surface area (Å²) in [6, 6.07) is 12.7. The van der Waals surface area contributed by atoms with Gasteiger partial charge in [-0.05, 0) is 41.8 Å². The Morgan fingerprint density at radius 1 is 1.08 bits per heavy atom. The third-order valence-electron chi connectivity index (χ3n) is 4.01. The molecular weight excluding hydrogens is 335 g/mol. The van der Waals surface area contributed by atoms with Crippen LogP contribution in [0.2, 0.25) is 0 Å². The van der Waals surface area contributed by atoms with Crippen LogP contribution in [-0.4, -0.2) is 11.7 Å². The molecule has 1 aliphatic rings. The number of thioether (sulfide) groups is 1. The van der Waals surface area contributed by atoms with E-state index in [9.17, 15) is 18.0 Å². The summed E-state index contributed by atoms with van der Waals surface area (Å²) in [6.45, 7) is 2.07. The van der Waals surface area contributed by atoms with Gasteiger partial charge in [0.1, 0.15) is 5.37 Å². The van der Waals surface area contributed by atoms with Crippen LogP contribution in [0, 0.1) is 0 Å². The van der Waals surface area contributed by atoms with Gasteiger partial charge in [0.15, 0.2) is 0 Å². The number of aryl methyl sites for hydroxylation is 1. The molecule has 1 atom stereocenters. The highest BCUT2D eigenvalue weighted by Gasteiger charge is 2.35. The number of carbonyl (C=O) groups excluding carboxylic acids is 1. The van der Waals surface area contributed by atoms with Gasteiger partial charge in [-0.15, -0.1) is 11.8 Å². The van der Waals surface area contributed by atoms with Crippen LogP contribution < -0.4 is 4.90 Å². The zero-order chi connectivity index (χ0) is 17.3. The molecule has 0 aromatic heterocycles. The van der Waals surface area contributed by atoms with Crippen LogP contribution in [0.5, 0.6) is 0 Å². The SMILES string of the molecule is CCc1ccc([C@H]2SCC(=O)N2c2ccc(C(F)(F)F)cc2)cc1. The topological polar surface area (TPSA) is 20.3 Å². The van der Waals surface area contributed by atoms with E-state index in [1.165, 1.54) is 29.5 Å². The van der Waals surface area contributed by atoms with Gasteiger partial charge >= 0.3 is 6.18 Å². The van der Waals surface area contributed by atoms with Crippen molar-refractivity contribution in [1.82, 2.24) is 0 Å². The summed E-state index contributed by atoms with van der Waals surface area (Å²) in [5.74, 6) is 0.227. The fourth-order valence-corrected chi connectivity index (χ4v) is 3.86. The van der Waals surface area contributed by atoms with Crippen molar-refractivity contribution in [2.45, 2.75) is 24.9 Å². The summed E-state index contributed by atoms with van der Waals surface area (Å²) < 4.78 is 38.1. The molecule has 0 saturated carbocycles. The van der Waals surface area contributed by atoms with Gasteiger partial charge in [0.05, 0.1) is 11.3 Å². The van der Waals surface area contributed by atoms with E-state index in [2.05, 4.69) is 6.92 Å². The van der Waals surface area contributed by atoms with Crippen LogP contribution in [0.3, 0.4) is 0 Å². The first-order valence-electron chi connectivity index (χ1n) is 7.60. The Kier molecular flexibility index (Phi) is 4.58. The Morgan fingerprint density at radius 3 is 2.25 bits per heavy atom. The number of alkyl halides is 3. The average molecular weight is 351 g/mol. The Hall–Kier alpha value is -1.95. The summed E-state index contributed by atoms with van der Waals surface area (Å²) in [5.41, 5.74) is 1.95. The molecule has 2 aromatic carbocycles. The summed E-state index contributed by atoms with van der Waals surface area (Å²) in [4.78, 5) is 13.8. The first kappa shape index (κ1) is 16.9. The van der Waals surface area contributed by atoms with Gasteiger partial charge in [-0.1, -0.05) is 31.2 Å². The van der Waals surface area contributed by atoms with Crippen molar-refractivity contribution in [2.24, 2.45) is 0 Å². The van der Waals surface area contributed by atoms with Gasteiger partial charge in [-0.2, -0.15) is 13.2 Å². The Bertz CT molecular complexity index is 725. The maximum atomic E-state index is 12.7. The molecule has 6 heteroatoms. The van der Waals surface area contributed by atoms with Crippen LogP contribution >= 0.6 is 11.8 Å². The van der Waals surface area contributed by atoms with E-state index in [0.29, 0.717) is 11.4 Å². The van der Waals surface area contributed by atoms with Crippen molar-refractivity contribution in [1.29, 1.82) is 0 Å². The monoisotopic (exact) mass is 351 g/mol. The number of halogens is 3. The molecular formula is C18H16F3NOS. The predicted molar refractivity (Wildman–Crippen MR) is 89.9 cm³/mol. The molecule has 0 radical (unpaired) electrons. The third-order valence-corrected chi connectivity index (χ3v) is 5.23. The Balaban J connectivity index is 1.90. The minimum atomic E-state index is -4.38. The summed E-state index contributed by atoms with van der Waals surface area (Å²) in [5, 5.41) is -0.208. The quantitative estimate of drug-likeness (QED) is 0.771. The second-order valence-electron chi connectivity index (χ2n) is 5.57. The zero-order valence-corrected chi connectivity index (χ0v) is 13.8. The molecule has 0 spiro atoms. The van der Waals surface area contributed by atoms with Gasteiger partial charge < -0.3 is 0 Å². The maximum absolute atomic E-state index is 12.7. The molecule has 2 aromatic rings. The lowest BCUT2D eigenvalue weighted by atomic mass is 10.1. The number of benzene rings is 2. The molecule has 3 rings (SSSR count). The van der Waals surface area contributed by atoms with Crippen LogP contribution in [0.15, 0.2) is 48.5 Å². The van der Waals surface area contributed by atoms with Crippen molar-refractivity contribution in [3.05, 3.63) is 65.2 Å². The number of amides is 1. The fourth-order valence-electron chi connectivity index (χ4n) is 2.68. The molecule has 1 amide bonds. The average Bonchev–Trinajstić information content (AvgIpc) is 2.96. The van der Waals surface area contributed by atoms with Crippen molar-refractivity contribution in [3.63, 3.8) is 0 Å². The van der Waals surface area contributed by atoms with E-state index in [1.807, 2.05) is 24.3 Å². The van der Waals surface area contributed by atoms with E-state index in [4.69, 9.17) is 0 Å². The van der Waals surface area contributed by atoms with E-state index in [1.54, 1.807) is 4.90 Å². The lowest BCUT2D eigenvalue weighted by Gasteiger charge is -2.25. The van der Waals surface area contributed by atoms with Crippen LogP contribution in [0.25, 0.3) is 0 Å². The first-order valence-corrected chi connectivity index (χ1v) is 8.65. The van der Waals surface area contributed by atoms with Crippen LogP contribution in [0.1, 0.15) is 29.0 Å². The highest BCUT2D eigenvalue weighted by Crippen LogP contribution is 2.42. The molecule has 1 fully saturated rings. The summed E-state index contributed by atoms with van der Waals surface area (Å²) in [7, 11) is 0. The number of rotatable bonds is 3. The van der Waals surface area contributed by atoms with Crippen molar-refractivity contribution < 1.29 is 18.0 Å². The van der Waals surface area contributed by atoms with Crippen molar-refractivity contribution in [3.8, 4) is 0 Å². The number of anilines is 1. The Labute approximate surface area is 142 Å². The molecule has 0 aliphatic carbocycles. The number of carbonyl (C=O) groups is 1. The molecule has 0 unspecified atom stereocenters. The second kappa shape index (κ2) is 6.51. The lowest BCUT2D eigenvalue weighted by Crippen LogP contribution is -2.27. The minimum Gasteiger partial charge on any atom is -0.295 e. The molecule has 126 valence electrons. The van der Waals surface area contributed by atoms with E-state index in [0.717, 1.165) is 24.1 Å². The molecule has 2 nitrogen and oxygen atoms in total. The summed E-state index contributed by atoms with van der Waals surface area (Å²) in [6.07, 6.45) is -3.45. The van der Waals surface area contributed by atoms with Crippen LogP contribution in [-0.2, 0) is 17.4 Å². The number of nitrogens with zero attached hydrogens (tertiary/aromatic N) is 1. The van der Waals surface area contributed by atoms with Crippen LogP contribution in [0.4, 0.5) is 18.9 Å². The maximum Gasteiger partial charge on any atom is 0.416 e. The highest BCUT2D eigenvalue weighted by atomic mass is 32.2. The molecule has 1 saturated heterocycles. The molecule has 24 heavy (non-hydrogen) atoms. The summed E-state index contributed by atoms with van der Waals surface area (Å²) >= 11 is 1.48. The van der Waals surface area contributed by atoms with E-state index in [-0.39, 0.29) is 11.3 Å². The van der Waals surface area contributed by atoms with Gasteiger partial charge in [-0.3, -0.25) is 9.69 Å². The number of hydrogen-bond donors (Lipinski definition) is 0. The standard InChI is InChI=1S/C18H16F3NOS/c1-2-12-3-5-13(6-4-12)17-22(16(23)11-24-17)15-9-7-14(8-10-15)18(19,20)21/h3-10,17H,2,11H2,1H3/t17-/m1/s1. The normalized spacial score (nSPS) is 18.2. The van der Waals surface area contributed by atoms with Gasteiger partial charge in [-0.25, -0.2) is 0 Å². The second-order valence-corrected chi connectivity index (χ2v) is 6.64. The molecule has 1 heterocycles. The lowest BCUT2D eigenvalue weighted by molar-refractivity contribution is -0.137. The largest absolute Gasteiger partial charge is 0.416 e. The smallest absolute Gasteiger partial charge is 0.295 e. The van der Waals surface area contributed by atoms with Crippen molar-refractivity contribution in [2.75, 3.05) is 10.7 Å². The molecule has 1 aliphatic heterocycles. The highest BCUT2D eigenvalue weighted by molar-refractivity contribution is 8.00. The number of hydrogen-bond acceptors (Lipinski definition) is 2. The minimum absolute atomic E-state index is 0.0932. The zero-order valence-electron chi connectivity index (χ0n) is 13.0. The van der Waals surface area contributed by atoms with E-state index >= 15 is 0 Å². The molecule has 0 bridgehead atoms. The molecule has 0 N–H and O–H groups in total. The fraction of sp³-hybridized carbons (Fsp3) is 0.278. The predicted octanol–water partition coefficient (Wildman–Crippen LogP) is 5.05. The van der Waals surface area contributed by atoms with Gasteiger partial charge in [0, 0.05) is 5.69 Å². The first-order chi connectivity index (χ1) is 11.4.